The highest BCUT2D eigenvalue weighted by molar-refractivity contribution is 5.65. The molecule has 1 saturated carbocycles. The van der Waals surface area contributed by atoms with E-state index in [9.17, 15) is 0 Å². The van der Waals surface area contributed by atoms with Crippen molar-refractivity contribution >= 4 is 0 Å². The molecule has 1 aliphatic rings. The topological polar surface area (TPSA) is 3.88 Å². The van der Waals surface area contributed by atoms with Crippen LogP contribution in [0, 0.1) is 13.8 Å². The molecule has 104 valence electrons. The standard InChI is InChI=1S/C19H24N/c1-14-12-18(16-9-5-6-10-16)19(20(3)13-14)17-11-7-4-8-15(17)2/h4,7-8,11-13,16H,5-6,9-10H2,1-3H3/q+1. The van der Waals surface area contributed by atoms with Crippen LogP contribution in [0.5, 0.6) is 0 Å². The number of benzene rings is 1. The highest BCUT2D eigenvalue weighted by atomic mass is 14.9. The lowest BCUT2D eigenvalue weighted by Crippen LogP contribution is -2.33. The lowest BCUT2D eigenvalue weighted by Gasteiger charge is -2.15. The minimum Gasteiger partial charge on any atom is -0.201 e. The van der Waals surface area contributed by atoms with Gasteiger partial charge < -0.3 is 0 Å². The number of pyridine rings is 1. The van der Waals surface area contributed by atoms with Crippen LogP contribution in [0.15, 0.2) is 36.5 Å². The predicted molar refractivity (Wildman–Crippen MR) is 83.7 cm³/mol. The highest BCUT2D eigenvalue weighted by Gasteiger charge is 2.26. The summed E-state index contributed by atoms with van der Waals surface area (Å²) in [5.41, 5.74) is 7.09. The summed E-state index contributed by atoms with van der Waals surface area (Å²) in [5.74, 6) is 0.746. The van der Waals surface area contributed by atoms with Crippen LogP contribution in [0.3, 0.4) is 0 Å². The van der Waals surface area contributed by atoms with E-state index >= 15 is 0 Å². The van der Waals surface area contributed by atoms with E-state index in [1.807, 2.05) is 0 Å². The van der Waals surface area contributed by atoms with Crippen LogP contribution in [-0.2, 0) is 7.05 Å². The van der Waals surface area contributed by atoms with Crippen molar-refractivity contribution in [2.24, 2.45) is 7.05 Å². The van der Waals surface area contributed by atoms with E-state index in [-0.39, 0.29) is 0 Å². The number of hydrogen-bond acceptors (Lipinski definition) is 0. The zero-order chi connectivity index (χ0) is 14.1. The third-order valence-corrected chi connectivity index (χ3v) is 4.60. The molecule has 0 N–H and O–H groups in total. The third kappa shape index (κ3) is 2.37. The molecule has 0 aliphatic heterocycles. The number of rotatable bonds is 2. The fourth-order valence-corrected chi connectivity index (χ4v) is 3.66. The van der Waals surface area contributed by atoms with E-state index in [1.165, 1.54) is 48.1 Å². The molecule has 2 aromatic rings. The van der Waals surface area contributed by atoms with Crippen LogP contribution in [0.25, 0.3) is 11.3 Å². The molecule has 20 heavy (non-hydrogen) atoms. The second kappa shape index (κ2) is 5.40. The van der Waals surface area contributed by atoms with Gasteiger partial charge in [0.15, 0.2) is 6.20 Å². The Balaban J connectivity index is 2.21. The zero-order valence-electron chi connectivity index (χ0n) is 12.8. The Bertz CT molecular complexity index is 622. The van der Waals surface area contributed by atoms with E-state index in [2.05, 4.69) is 62.0 Å². The number of hydrogen-bond donors (Lipinski definition) is 0. The molecule has 0 saturated heterocycles. The third-order valence-electron chi connectivity index (χ3n) is 4.60. The molecule has 0 bridgehead atoms. The van der Waals surface area contributed by atoms with E-state index in [0.717, 1.165) is 5.92 Å². The Hall–Kier alpha value is -1.63. The van der Waals surface area contributed by atoms with Crippen molar-refractivity contribution in [1.82, 2.24) is 0 Å². The van der Waals surface area contributed by atoms with E-state index in [0.29, 0.717) is 0 Å². The molecule has 0 amide bonds. The van der Waals surface area contributed by atoms with Crippen molar-refractivity contribution in [1.29, 1.82) is 0 Å². The molecular formula is C19H24N+. The van der Waals surface area contributed by atoms with Crippen LogP contribution >= 0.6 is 0 Å². The molecule has 1 heterocycles. The van der Waals surface area contributed by atoms with Crippen molar-refractivity contribution in [3.05, 3.63) is 53.2 Å². The Labute approximate surface area is 122 Å². The number of aromatic nitrogens is 1. The van der Waals surface area contributed by atoms with Crippen molar-refractivity contribution in [3.8, 4) is 11.3 Å². The summed E-state index contributed by atoms with van der Waals surface area (Å²) in [6.07, 6.45) is 7.72. The lowest BCUT2D eigenvalue weighted by atomic mass is 9.90. The summed E-state index contributed by atoms with van der Waals surface area (Å²) >= 11 is 0. The Morgan fingerprint density at radius 2 is 1.75 bits per heavy atom. The molecule has 1 heteroatoms. The van der Waals surface area contributed by atoms with Crippen molar-refractivity contribution in [3.63, 3.8) is 0 Å². The van der Waals surface area contributed by atoms with Gasteiger partial charge in [0.1, 0.15) is 7.05 Å². The van der Waals surface area contributed by atoms with Crippen LogP contribution in [0.1, 0.15) is 48.3 Å². The summed E-state index contributed by atoms with van der Waals surface area (Å²) in [6.45, 7) is 4.42. The highest BCUT2D eigenvalue weighted by Crippen LogP contribution is 2.38. The average molecular weight is 266 g/mol. The Morgan fingerprint density at radius 1 is 1.05 bits per heavy atom. The molecule has 1 aliphatic carbocycles. The van der Waals surface area contributed by atoms with Gasteiger partial charge in [0.25, 0.3) is 0 Å². The van der Waals surface area contributed by atoms with Crippen molar-refractivity contribution < 1.29 is 4.57 Å². The summed E-state index contributed by atoms with van der Waals surface area (Å²) in [6, 6.07) is 11.2. The van der Waals surface area contributed by atoms with Crippen molar-refractivity contribution in [2.75, 3.05) is 0 Å². The molecular weight excluding hydrogens is 242 g/mol. The Morgan fingerprint density at radius 3 is 2.45 bits per heavy atom. The quantitative estimate of drug-likeness (QED) is 0.707. The van der Waals surface area contributed by atoms with E-state index < -0.39 is 0 Å². The first-order chi connectivity index (χ1) is 9.66. The van der Waals surface area contributed by atoms with Crippen LogP contribution in [0.4, 0.5) is 0 Å². The molecule has 1 aromatic carbocycles. The van der Waals surface area contributed by atoms with Crippen LogP contribution in [0.2, 0.25) is 0 Å². The van der Waals surface area contributed by atoms with Gasteiger partial charge in [0.2, 0.25) is 5.69 Å². The van der Waals surface area contributed by atoms with E-state index in [1.54, 1.807) is 5.56 Å². The molecule has 1 fully saturated rings. The SMILES string of the molecule is Cc1cc(C2CCCC2)c(-c2ccccc2C)[n+](C)c1. The molecule has 0 spiro atoms. The summed E-state index contributed by atoms with van der Waals surface area (Å²) in [5, 5.41) is 0. The maximum Gasteiger partial charge on any atom is 0.216 e. The molecule has 3 rings (SSSR count). The number of nitrogens with zero attached hydrogens (tertiary/aromatic N) is 1. The molecule has 1 nitrogen and oxygen atoms in total. The van der Waals surface area contributed by atoms with Gasteiger partial charge in [-0.05, 0) is 50.3 Å². The smallest absolute Gasteiger partial charge is 0.201 e. The summed E-state index contributed by atoms with van der Waals surface area (Å²) in [7, 11) is 2.19. The molecule has 1 aromatic heterocycles. The average Bonchev–Trinajstić information content (AvgIpc) is 2.93. The van der Waals surface area contributed by atoms with Gasteiger partial charge in [-0.2, -0.15) is 0 Å². The van der Waals surface area contributed by atoms with Crippen molar-refractivity contribution in [2.45, 2.75) is 45.4 Å². The van der Waals surface area contributed by atoms with Gasteiger partial charge in [-0.25, -0.2) is 4.57 Å². The largest absolute Gasteiger partial charge is 0.216 e. The predicted octanol–water partition coefficient (Wildman–Crippen LogP) is 4.45. The monoisotopic (exact) mass is 266 g/mol. The molecule has 0 unspecified atom stereocenters. The normalized spacial score (nSPS) is 15.8. The number of aryl methyl sites for hydroxylation is 3. The van der Waals surface area contributed by atoms with Crippen LogP contribution in [-0.4, -0.2) is 0 Å². The second-order valence-corrected chi connectivity index (χ2v) is 6.23. The first-order valence-corrected chi connectivity index (χ1v) is 7.73. The Kier molecular flexibility index (Phi) is 3.60. The minimum atomic E-state index is 0.746. The van der Waals surface area contributed by atoms with Gasteiger partial charge >= 0.3 is 0 Å². The van der Waals surface area contributed by atoms with Crippen LogP contribution < -0.4 is 4.57 Å². The first kappa shape index (κ1) is 13.4. The maximum atomic E-state index is 2.41. The van der Waals surface area contributed by atoms with Gasteiger partial charge in [-0.1, -0.05) is 31.0 Å². The summed E-state index contributed by atoms with van der Waals surface area (Å²) < 4.78 is 2.32. The summed E-state index contributed by atoms with van der Waals surface area (Å²) in [4.78, 5) is 0. The van der Waals surface area contributed by atoms with Gasteiger partial charge in [0, 0.05) is 16.7 Å². The molecule has 0 atom stereocenters. The fraction of sp³-hybridized carbons (Fsp3) is 0.421. The maximum absolute atomic E-state index is 2.41. The first-order valence-electron chi connectivity index (χ1n) is 7.73. The van der Waals surface area contributed by atoms with Gasteiger partial charge in [-0.3, -0.25) is 0 Å². The lowest BCUT2D eigenvalue weighted by molar-refractivity contribution is -0.661. The van der Waals surface area contributed by atoms with E-state index in [4.69, 9.17) is 0 Å². The second-order valence-electron chi connectivity index (χ2n) is 6.23. The minimum absolute atomic E-state index is 0.746. The fourth-order valence-electron chi connectivity index (χ4n) is 3.66. The zero-order valence-corrected chi connectivity index (χ0v) is 12.8. The molecule has 0 radical (unpaired) electrons. The van der Waals surface area contributed by atoms with Gasteiger partial charge in [-0.15, -0.1) is 0 Å². The van der Waals surface area contributed by atoms with Gasteiger partial charge in [0.05, 0.1) is 0 Å².